The molecular formula is C20H22Cl2N4O. The van der Waals surface area contributed by atoms with Gasteiger partial charge in [0.1, 0.15) is 0 Å². The highest BCUT2D eigenvalue weighted by Crippen LogP contribution is 2.21. The SMILES string of the molecule is Cc1ncc2c(c1CNC(=O)c1ccnc3ccccc13)CCNC2.Cl.Cl. The zero-order valence-electron chi connectivity index (χ0n) is 15.0. The van der Waals surface area contributed by atoms with E-state index in [9.17, 15) is 4.79 Å². The number of aromatic nitrogens is 2. The average Bonchev–Trinajstić information content (AvgIpc) is 2.66. The van der Waals surface area contributed by atoms with Crippen molar-refractivity contribution >= 4 is 41.6 Å². The van der Waals surface area contributed by atoms with E-state index in [1.165, 1.54) is 11.1 Å². The van der Waals surface area contributed by atoms with Crippen molar-refractivity contribution in [3.63, 3.8) is 0 Å². The summed E-state index contributed by atoms with van der Waals surface area (Å²) in [5.74, 6) is -0.0791. The molecule has 142 valence electrons. The number of rotatable bonds is 3. The predicted octanol–water partition coefficient (Wildman–Crippen LogP) is 3.36. The molecule has 0 saturated heterocycles. The lowest BCUT2D eigenvalue weighted by atomic mass is 9.96. The molecule has 1 aliphatic rings. The first-order chi connectivity index (χ1) is 12.2. The second-order valence-electron chi connectivity index (χ2n) is 6.31. The maximum absolute atomic E-state index is 12.7. The van der Waals surface area contributed by atoms with Gasteiger partial charge < -0.3 is 10.6 Å². The number of amides is 1. The number of carbonyl (C=O) groups is 1. The molecule has 0 spiro atoms. The Bertz CT molecular complexity index is 957. The van der Waals surface area contributed by atoms with Crippen LogP contribution in [-0.2, 0) is 19.5 Å². The summed E-state index contributed by atoms with van der Waals surface area (Å²) in [6.07, 6.45) is 4.60. The number of nitrogens with one attached hydrogen (secondary N) is 2. The van der Waals surface area contributed by atoms with E-state index in [4.69, 9.17) is 0 Å². The van der Waals surface area contributed by atoms with Gasteiger partial charge in [0.05, 0.1) is 11.1 Å². The smallest absolute Gasteiger partial charge is 0.252 e. The summed E-state index contributed by atoms with van der Waals surface area (Å²) in [7, 11) is 0. The fraction of sp³-hybridized carbons (Fsp3) is 0.250. The van der Waals surface area contributed by atoms with Gasteiger partial charge in [-0.3, -0.25) is 14.8 Å². The third kappa shape index (κ3) is 4.21. The van der Waals surface area contributed by atoms with Gasteiger partial charge >= 0.3 is 0 Å². The van der Waals surface area contributed by atoms with Crippen LogP contribution in [0.25, 0.3) is 10.9 Å². The summed E-state index contributed by atoms with van der Waals surface area (Å²) in [4.78, 5) is 21.5. The van der Waals surface area contributed by atoms with Crippen molar-refractivity contribution in [1.82, 2.24) is 20.6 Å². The van der Waals surface area contributed by atoms with Gasteiger partial charge in [-0.15, -0.1) is 24.8 Å². The molecular weight excluding hydrogens is 383 g/mol. The van der Waals surface area contributed by atoms with Crippen LogP contribution in [-0.4, -0.2) is 22.4 Å². The summed E-state index contributed by atoms with van der Waals surface area (Å²) in [5, 5.41) is 7.31. The van der Waals surface area contributed by atoms with E-state index in [0.717, 1.165) is 41.7 Å². The lowest BCUT2D eigenvalue weighted by Gasteiger charge is -2.21. The van der Waals surface area contributed by atoms with Crippen molar-refractivity contribution in [3.8, 4) is 0 Å². The number of para-hydroxylation sites is 1. The molecule has 4 rings (SSSR count). The van der Waals surface area contributed by atoms with Gasteiger partial charge in [-0.25, -0.2) is 0 Å². The molecule has 0 saturated carbocycles. The summed E-state index contributed by atoms with van der Waals surface area (Å²) >= 11 is 0. The van der Waals surface area contributed by atoms with Crippen molar-refractivity contribution < 1.29 is 4.79 Å². The van der Waals surface area contributed by atoms with Gasteiger partial charge in [-0.2, -0.15) is 0 Å². The molecule has 0 unspecified atom stereocenters. The van der Waals surface area contributed by atoms with Crippen molar-refractivity contribution in [2.75, 3.05) is 6.54 Å². The Kier molecular flexibility index (Phi) is 7.13. The second-order valence-corrected chi connectivity index (χ2v) is 6.31. The topological polar surface area (TPSA) is 66.9 Å². The van der Waals surface area contributed by atoms with Crippen molar-refractivity contribution in [1.29, 1.82) is 0 Å². The number of benzene rings is 1. The van der Waals surface area contributed by atoms with Crippen LogP contribution in [0.3, 0.4) is 0 Å². The van der Waals surface area contributed by atoms with Gasteiger partial charge in [0.2, 0.25) is 0 Å². The summed E-state index contributed by atoms with van der Waals surface area (Å²) in [6, 6.07) is 9.47. The van der Waals surface area contributed by atoms with E-state index in [1.54, 1.807) is 12.3 Å². The third-order valence-electron chi connectivity index (χ3n) is 4.79. The standard InChI is InChI=1S/C20H20N4O.2ClH/c1-13-18(15-6-8-21-10-14(15)11-23-13)12-24-20(25)17-7-9-22-19-5-3-2-4-16(17)19;;/h2-5,7,9,11,21H,6,8,10,12H2,1H3,(H,24,25);2*1H. The fourth-order valence-corrected chi connectivity index (χ4v) is 3.44. The van der Waals surface area contributed by atoms with Crippen LogP contribution in [0.5, 0.6) is 0 Å². The normalized spacial score (nSPS) is 12.5. The number of halogens is 2. The van der Waals surface area contributed by atoms with E-state index >= 15 is 0 Å². The molecule has 1 aromatic carbocycles. The number of pyridine rings is 2. The van der Waals surface area contributed by atoms with E-state index in [2.05, 4.69) is 20.6 Å². The monoisotopic (exact) mass is 404 g/mol. The number of carbonyl (C=O) groups excluding carboxylic acids is 1. The quantitative estimate of drug-likeness (QED) is 0.702. The highest BCUT2D eigenvalue weighted by Gasteiger charge is 2.17. The number of nitrogens with zero attached hydrogens (tertiary/aromatic N) is 2. The molecule has 0 bridgehead atoms. The van der Waals surface area contributed by atoms with Crippen LogP contribution in [0.4, 0.5) is 0 Å². The Hall–Kier alpha value is -2.21. The van der Waals surface area contributed by atoms with E-state index in [0.29, 0.717) is 12.1 Å². The number of hydrogen-bond donors (Lipinski definition) is 2. The Balaban J connectivity index is 0.00000131. The van der Waals surface area contributed by atoms with Gasteiger partial charge in [-0.1, -0.05) is 18.2 Å². The van der Waals surface area contributed by atoms with E-state index in [1.807, 2.05) is 37.4 Å². The third-order valence-corrected chi connectivity index (χ3v) is 4.79. The molecule has 1 aliphatic heterocycles. The summed E-state index contributed by atoms with van der Waals surface area (Å²) in [5.41, 5.74) is 6.17. The van der Waals surface area contributed by atoms with Crippen LogP contribution in [0.2, 0.25) is 0 Å². The Morgan fingerprint density at radius 3 is 2.85 bits per heavy atom. The highest BCUT2D eigenvalue weighted by molar-refractivity contribution is 6.05. The molecule has 2 aromatic heterocycles. The molecule has 0 atom stereocenters. The van der Waals surface area contributed by atoms with Crippen LogP contribution < -0.4 is 10.6 Å². The van der Waals surface area contributed by atoms with Crippen LogP contribution >= 0.6 is 24.8 Å². The van der Waals surface area contributed by atoms with Gasteiger partial charge in [-0.05, 0) is 48.7 Å². The van der Waals surface area contributed by atoms with Gasteiger partial charge in [0.25, 0.3) is 5.91 Å². The maximum Gasteiger partial charge on any atom is 0.252 e. The molecule has 7 heteroatoms. The first kappa shape index (κ1) is 21.1. The molecule has 2 N–H and O–H groups in total. The molecule has 1 amide bonds. The van der Waals surface area contributed by atoms with Gasteiger partial charge in [0.15, 0.2) is 0 Å². The number of hydrogen-bond acceptors (Lipinski definition) is 4. The first-order valence-corrected chi connectivity index (χ1v) is 8.53. The lowest BCUT2D eigenvalue weighted by Crippen LogP contribution is -2.29. The number of aryl methyl sites for hydroxylation is 1. The highest BCUT2D eigenvalue weighted by atomic mass is 35.5. The first-order valence-electron chi connectivity index (χ1n) is 8.53. The minimum Gasteiger partial charge on any atom is -0.348 e. The fourth-order valence-electron chi connectivity index (χ4n) is 3.44. The molecule has 0 fully saturated rings. The molecule has 27 heavy (non-hydrogen) atoms. The van der Waals surface area contributed by atoms with Crippen molar-refractivity contribution in [2.24, 2.45) is 0 Å². The predicted molar refractivity (Wildman–Crippen MR) is 112 cm³/mol. The van der Waals surface area contributed by atoms with Crippen LogP contribution in [0.15, 0.2) is 42.7 Å². The Morgan fingerprint density at radius 1 is 1.19 bits per heavy atom. The van der Waals surface area contributed by atoms with Crippen molar-refractivity contribution in [2.45, 2.75) is 26.4 Å². The zero-order valence-corrected chi connectivity index (χ0v) is 16.6. The number of fused-ring (bicyclic) bond motifs is 2. The largest absolute Gasteiger partial charge is 0.348 e. The lowest BCUT2D eigenvalue weighted by molar-refractivity contribution is 0.0952. The average molecular weight is 405 g/mol. The van der Waals surface area contributed by atoms with E-state index < -0.39 is 0 Å². The molecule has 0 aliphatic carbocycles. The van der Waals surface area contributed by atoms with Gasteiger partial charge in [0, 0.05) is 36.6 Å². The molecule has 0 radical (unpaired) electrons. The van der Waals surface area contributed by atoms with E-state index in [-0.39, 0.29) is 30.7 Å². The van der Waals surface area contributed by atoms with Crippen molar-refractivity contribution in [3.05, 3.63) is 70.7 Å². The second kappa shape index (κ2) is 9.13. The maximum atomic E-state index is 12.7. The Morgan fingerprint density at radius 2 is 2.00 bits per heavy atom. The minimum atomic E-state index is -0.0791. The minimum absolute atomic E-state index is 0. The zero-order chi connectivity index (χ0) is 17.2. The van der Waals surface area contributed by atoms with Crippen LogP contribution in [0.1, 0.15) is 32.7 Å². The molecule has 3 heterocycles. The molecule has 3 aromatic rings. The summed E-state index contributed by atoms with van der Waals surface area (Å²) < 4.78 is 0. The summed E-state index contributed by atoms with van der Waals surface area (Å²) in [6.45, 7) is 4.31. The molecule has 5 nitrogen and oxygen atoms in total. The Labute approximate surface area is 170 Å². The van der Waals surface area contributed by atoms with Crippen LogP contribution in [0, 0.1) is 6.92 Å².